The van der Waals surface area contributed by atoms with E-state index in [-0.39, 0.29) is 18.4 Å². The molecule has 0 bridgehead atoms. The largest absolute Gasteiger partial charge is 0.494 e. The Balaban J connectivity index is 1.66. The van der Waals surface area contributed by atoms with Gasteiger partial charge < -0.3 is 14.4 Å². The topological polar surface area (TPSA) is 59.1 Å². The van der Waals surface area contributed by atoms with Gasteiger partial charge in [-0.15, -0.1) is 0 Å². The summed E-state index contributed by atoms with van der Waals surface area (Å²) in [7, 11) is 3.27. The summed E-state index contributed by atoms with van der Waals surface area (Å²) in [5.74, 6) is 0.383. The average Bonchev–Trinajstić information content (AvgIpc) is 2.73. The summed E-state index contributed by atoms with van der Waals surface area (Å²) < 4.78 is 10.4. The highest BCUT2D eigenvalue weighted by Gasteiger charge is 2.35. The number of methoxy groups -OCH3 is 1. The van der Waals surface area contributed by atoms with Crippen LogP contribution in [-0.4, -0.2) is 55.0 Å². The molecule has 3 rings (SSSR count). The summed E-state index contributed by atoms with van der Waals surface area (Å²) in [5, 5.41) is 0. The average molecular weight is 396 g/mol. The number of benzene rings is 2. The monoisotopic (exact) mass is 396 g/mol. The highest BCUT2D eigenvalue weighted by Crippen LogP contribution is 2.24. The van der Waals surface area contributed by atoms with Crippen LogP contribution in [0.15, 0.2) is 48.5 Å². The maximum Gasteiger partial charge on any atom is 0.328 e. The predicted molar refractivity (Wildman–Crippen MR) is 110 cm³/mol. The molecule has 1 atom stereocenters. The summed E-state index contributed by atoms with van der Waals surface area (Å²) >= 11 is 0. The van der Waals surface area contributed by atoms with Gasteiger partial charge in [0.15, 0.2) is 0 Å². The van der Waals surface area contributed by atoms with Gasteiger partial charge in [0.25, 0.3) is 0 Å². The van der Waals surface area contributed by atoms with Crippen LogP contribution in [0.1, 0.15) is 23.6 Å². The number of nitrogens with zero attached hydrogens (tertiary/aromatic N) is 2. The van der Waals surface area contributed by atoms with Crippen molar-refractivity contribution >= 4 is 11.9 Å². The first-order chi connectivity index (χ1) is 14.0. The van der Waals surface area contributed by atoms with Crippen molar-refractivity contribution in [1.82, 2.24) is 9.80 Å². The molecule has 0 aromatic heterocycles. The van der Waals surface area contributed by atoms with E-state index in [1.807, 2.05) is 67.4 Å². The van der Waals surface area contributed by atoms with E-state index in [4.69, 9.17) is 9.47 Å². The van der Waals surface area contributed by atoms with Crippen LogP contribution in [0.5, 0.6) is 5.75 Å². The van der Waals surface area contributed by atoms with Gasteiger partial charge in [0, 0.05) is 19.5 Å². The van der Waals surface area contributed by atoms with Gasteiger partial charge in [0.2, 0.25) is 5.91 Å². The van der Waals surface area contributed by atoms with Gasteiger partial charge in [-0.1, -0.05) is 36.4 Å². The molecule has 1 heterocycles. The lowest BCUT2D eigenvalue weighted by Gasteiger charge is -2.36. The molecule has 29 heavy (non-hydrogen) atoms. The molecular formula is C23H28N2O4. The molecule has 0 fully saturated rings. The first kappa shape index (κ1) is 20.9. The third-order valence-electron chi connectivity index (χ3n) is 5.13. The molecule has 2 aromatic carbocycles. The number of amides is 1. The number of hydrogen-bond donors (Lipinski definition) is 0. The standard InChI is InChI=1S/C23H28N2O4/c1-4-29-20-11-9-17(10-12-20)14-24(2)16-22(26)25-15-19-8-6-5-7-18(19)13-21(25)23(27)28-3/h5-12,21H,4,13-16H2,1-3H3. The minimum atomic E-state index is -0.582. The second-order valence-corrected chi connectivity index (χ2v) is 7.28. The number of esters is 1. The van der Waals surface area contributed by atoms with E-state index in [0.29, 0.717) is 26.1 Å². The van der Waals surface area contributed by atoms with Gasteiger partial charge in [0.1, 0.15) is 11.8 Å². The minimum Gasteiger partial charge on any atom is -0.494 e. The summed E-state index contributed by atoms with van der Waals surface area (Å²) in [5.41, 5.74) is 3.27. The van der Waals surface area contributed by atoms with E-state index in [2.05, 4.69) is 0 Å². The summed E-state index contributed by atoms with van der Waals surface area (Å²) in [4.78, 5) is 28.9. The molecule has 0 N–H and O–H groups in total. The van der Waals surface area contributed by atoms with Crippen molar-refractivity contribution in [1.29, 1.82) is 0 Å². The van der Waals surface area contributed by atoms with E-state index >= 15 is 0 Å². The zero-order chi connectivity index (χ0) is 20.8. The molecule has 6 nitrogen and oxygen atoms in total. The van der Waals surface area contributed by atoms with Gasteiger partial charge in [-0.05, 0) is 42.8 Å². The normalized spacial score (nSPS) is 15.7. The van der Waals surface area contributed by atoms with Crippen LogP contribution < -0.4 is 4.74 Å². The van der Waals surface area contributed by atoms with Crippen LogP contribution in [0.4, 0.5) is 0 Å². The second kappa shape index (κ2) is 9.56. The van der Waals surface area contributed by atoms with E-state index in [1.165, 1.54) is 7.11 Å². The maximum absolute atomic E-state index is 13.0. The highest BCUT2D eigenvalue weighted by atomic mass is 16.5. The first-order valence-electron chi connectivity index (χ1n) is 9.86. The Bertz CT molecular complexity index is 850. The fourth-order valence-corrected chi connectivity index (χ4v) is 3.68. The van der Waals surface area contributed by atoms with E-state index < -0.39 is 6.04 Å². The van der Waals surface area contributed by atoms with Crippen LogP contribution in [0.2, 0.25) is 0 Å². The molecule has 0 spiro atoms. The lowest BCUT2D eigenvalue weighted by Crippen LogP contribution is -2.51. The molecule has 1 unspecified atom stereocenters. The molecule has 0 saturated carbocycles. The van der Waals surface area contributed by atoms with Crippen LogP contribution in [-0.2, 0) is 33.8 Å². The van der Waals surface area contributed by atoms with Gasteiger partial charge in [-0.2, -0.15) is 0 Å². The summed E-state index contributed by atoms with van der Waals surface area (Å²) in [6.45, 7) is 3.86. The molecule has 0 saturated heterocycles. The van der Waals surface area contributed by atoms with Crippen molar-refractivity contribution in [3.8, 4) is 5.75 Å². The SMILES string of the molecule is CCOc1ccc(CN(C)CC(=O)N2Cc3ccccc3CC2C(=O)OC)cc1. The summed E-state index contributed by atoms with van der Waals surface area (Å²) in [6.07, 6.45) is 0.483. The molecule has 0 radical (unpaired) electrons. The van der Waals surface area contributed by atoms with Crippen molar-refractivity contribution in [2.75, 3.05) is 27.3 Å². The van der Waals surface area contributed by atoms with Gasteiger partial charge >= 0.3 is 5.97 Å². The molecule has 0 aliphatic carbocycles. The minimum absolute atomic E-state index is 0.0802. The van der Waals surface area contributed by atoms with E-state index in [1.54, 1.807) is 4.90 Å². The number of fused-ring (bicyclic) bond motifs is 1. The fourth-order valence-electron chi connectivity index (χ4n) is 3.68. The Morgan fingerprint density at radius 3 is 2.45 bits per heavy atom. The number of likely N-dealkylation sites (N-methyl/N-ethyl adjacent to an activating group) is 1. The first-order valence-corrected chi connectivity index (χ1v) is 9.86. The van der Waals surface area contributed by atoms with Crippen molar-refractivity contribution in [2.45, 2.75) is 32.5 Å². The van der Waals surface area contributed by atoms with Crippen molar-refractivity contribution < 1.29 is 19.1 Å². The highest BCUT2D eigenvalue weighted by molar-refractivity contribution is 5.86. The molecular weight excluding hydrogens is 368 g/mol. The number of carbonyl (C=O) groups is 2. The number of carbonyl (C=O) groups excluding carboxylic acids is 2. The molecule has 1 amide bonds. The van der Waals surface area contributed by atoms with E-state index in [0.717, 1.165) is 22.4 Å². The Morgan fingerprint density at radius 1 is 1.10 bits per heavy atom. The summed E-state index contributed by atoms with van der Waals surface area (Å²) in [6, 6.07) is 15.2. The van der Waals surface area contributed by atoms with Crippen LogP contribution >= 0.6 is 0 Å². The van der Waals surface area contributed by atoms with Gasteiger partial charge in [-0.25, -0.2) is 4.79 Å². The van der Waals surface area contributed by atoms with Crippen molar-refractivity contribution in [3.05, 3.63) is 65.2 Å². The number of ether oxygens (including phenoxy) is 2. The fraction of sp³-hybridized carbons (Fsp3) is 0.391. The van der Waals surface area contributed by atoms with Crippen LogP contribution in [0.3, 0.4) is 0 Å². The molecule has 154 valence electrons. The Hall–Kier alpha value is -2.86. The third-order valence-corrected chi connectivity index (χ3v) is 5.13. The molecule has 6 heteroatoms. The molecule has 1 aliphatic rings. The van der Waals surface area contributed by atoms with Gasteiger partial charge in [-0.3, -0.25) is 9.69 Å². The molecule has 2 aromatic rings. The third kappa shape index (κ3) is 5.15. The van der Waals surface area contributed by atoms with Crippen molar-refractivity contribution in [2.24, 2.45) is 0 Å². The van der Waals surface area contributed by atoms with Gasteiger partial charge in [0.05, 0.1) is 20.3 Å². The Kier molecular flexibility index (Phi) is 6.88. The number of hydrogen-bond acceptors (Lipinski definition) is 5. The quantitative estimate of drug-likeness (QED) is 0.674. The second-order valence-electron chi connectivity index (χ2n) is 7.28. The molecule has 1 aliphatic heterocycles. The zero-order valence-electron chi connectivity index (χ0n) is 17.3. The lowest BCUT2D eigenvalue weighted by atomic mass is 9.94. The van der Waals surface area contributed by atoms with Crippen molar-refractivity contribution in [3.63, 3.8) is 0 Å². The Labute approximate surface area is 172 Å². The lowest BCUT2D eigenvalue weighted by molar-refractivity contribution is -0.154. The zero-order valence-corrected chi connectivity index (χ0v) is 17.3. The Morgan fingerprint density at radius 2 is 1.79 bits per heavy atom. The van der Waals surface area contributed by atoms with E-state index in [9.17, 15) is 9.59 Å². The number of rotatable bonds is 7. The van der Waals surface area contributed by atoms with Crippen LogP contribution in [0.25, 0.3) is 0 Å². The predicted octanol–water partition coefficient (Wildman–Crippen LogP) is 2.64. The smallest absolute Gasteiger partial charge is 0.328 e. The van der Waals surface area contributed by atoms with Crippen LogP contribution in [0, 0.1) is 0 Å². The maximum atomic E-state index is 13.0.